The van der Waals surface area contributed by atoms with Gasteiger partial charge in [0.25, 0.3) is 11.8 Å². The lowest BCUT2D eigenvalue weighted by Crippen LogP contribution is -2.30. The van der Waals surface area contributed by atoms with Crippen molar-refractivity contribution in [1.29, 1.82) is 0 Å². The third-order valence-corrected chi connectivity index (χ3v) is 4.16. The molecule has 0 heterocycles. The number of carbonyl (C=O) groups is 2. The van der Waals surface area contributed by atoms with Crippen LogP contribution in [0.15, 0.2) is 42.5 Å². The van der Waals surface area contributed by atoms with Crippen LogP contribution in [0.4, 0.5) is 18.9 Å². The van der Waals surface area contributed by atoms with Gasteiger partial charge in [-0.25, -0.2) is 0 Å². The first-order valence-electron chi connectivity index (χ1n) is 8.47. The fraction of sp³-hybridized carbons (Fsp3) is 0.300. The Bertz CT molecular complexity index is 866. The second kappa shape index (κ2) is 8.88. The van der Waals surface area contributed by atoms with Gasteiger partial charge in [-0.05, 0) is 42.8 Å². The van der Waals surface area contributed by atoms with E-state index < -0.39 is 17.6 Å². The number of carbonyl (C=O) groups excluding carboxylic acids is 2. The number of nitrogens with one attached hydrogen (secondary N) is 1. The minimum atomic E-state index is -4.54. The van der Waals surface area contributed by atoms with E-state index in [0.29, 0.717) is 30.0 Å². The third kappa shape index (κ3) is 5.32. The van der Waals surface area contributed by atoms with E-state index >= 15 is 0 Å². The van der Waals surface area contributed by atoms with Crippen LogP contribution in [0.3, 0.4) is 0 Å². The normalized spacial score (nSPS) is 11.2. The highest BCUT2D eigenvalue weighted by Gasteiger charge is 2.31. The van der Waals surface area contributed by atoms with Crippen LogP contribution in [0.5, 0.6) is 0 Å². The molecule has 0 aliphatic carbocycles. The number of likely N-dealkylation sites (N-methyl/N-ethyl adjacent to an activating group) is 1. The molecule has 2 aromatic rings. The fourth-order valence-corrected chi connectivity index (χ4v) is 2.47. The summed E-state index contributed by atoms with van der Waals surface area (Å²) >= 11 is 0. The van der Waals surface area contributed by atoms with E-state index in [1.165, 1.54) is 30.2 Å². The smallest absolute Gasteiger partial charge is 0.383 e. The highest BCUT2D eigenvalue weighted by molar-refractivity contribution is 6.05. The molecular weight excluding hydrogens is 373 g/mol. The van der Waals surface area contributed by atoms with Crippen LogP contribution in [0.1, 0.15) is 31.8 Å². The Balaban J connectivity index is 2.22. The van der Waals surface area contributed by atoms with E-state index in [-0.39, 0.29) is 11.5 Å². The van der Waals surface area contributed by atoms with Gasteiger partial charge in [0, 0.05) is 37.5 Å². The van der Waals surface area contributed by atoms with Crippen molar-refractivity contribution < 1.29 is 27.5 Å². The molecule has 0 fully saturated rings. The average Bonchev–Trinajstić information content (AvgIpc) is 2.66. The van der Waals surface area contributed by atoms with Gasteiger partial charge in [0.1, 0.15) is 0 Å². The number of amides is 2. The Labute approximate surface area is 161 Å². The van der Waals surface area contributed by atoms with Crippen molar-refractivity contribution in [2.75, 3.05) is 32.6 Å². The summed E-state index contributed by atoms with van der Waals surface area (Å²) in [7, 11) is 3.16. The Hall–Kier alpha value is -2.87. The number of aryl methyl sites for hydroxylation is 1. The second-order valence-electron chi connectivity index (χ2n) is 6.28. The van der Waals surface area contributed by atoms with Gasteiger partial charge in [-0.1, -0.05) is 12.1 Å². The van der Waals surface area contributed by atoms with Crippen molar-refractivity contribution in [1.82, 2.24) is 4.90 Å². The van der Waals surface area contributed by atoms with Crippen molar-refractivity contribution in [3.05, 3.63) is 64.7 Å². The maximum absolute atomic E-state index is 12.8. The van der Waals surface area contributed by atoms with Crippen LogP contribution in [-0.4, -0.2) is 44.0 Å². The molecule has 0 saturated carbocycles. The molecule has 2 amide bonds. The lowest BCUT2D eigenvalue weighted by atomic mass is 10.1. The van der Waals surface area contributed by atoms with Crippen molar-refractivity contribution in [3.63, 3.8) is 0 Å². The average molecular weight is 394 g/mol. The summed E-state index contributed by atoms with van der Waals surface area (Å²) in [6, 6.07) is 8.96. The van der Waals surface area contributed by atoms with E-state index in [2.05, 4.69) is 5.32 Å². The van der Waals surface area contributed by atoms with Crippen molar-refractivity contribution >= 4 is 17.5 Å². The third-order valence-electron chi connectivity index (χ3n) is 4.16. The first-order valence-corrected chi connectivity index (χ1v) is 8.47. The molecule has 5 nitrogen and oxygen atoms in total. The van der Waals surface area contributed by atoms with Crippen molar-refractivity contribution in [2.24, 2.45) is 0 Å². The summed E-state index contributed by atoms with van der Waals surface area (Å²) in [6.07, 6.45) is -4.54. The van der Waals surface area contributed by atoms with Gasteiger partial charge in [0.15, 0.2) is 0 Å². The monoisotopic (exact) mass is 394 g/mol. The lowest BCUT2D eigenvalue weighted by Gasteiger charge is -2.18. The zero-order chi connectivity index (χ0) is 20.9. The summed E-state index contributed by atoms with van der Waals surface area (Å²) in [5, 5.41) is 2.58. The van der Waals surface area contributed by atoms with Gasteiger partial charge in [0.05, 0.1) is 12.2 Å². The molecular formula is C20H21F3N2O3. The molecule has 0 aromatic heterocycles. The molecule has 2 rings (SSSR count). The number of anilines is 1. The van der Waals surface area contributed by atoms with Crippen LogP contribution in [0.25, 0.3) is 0 Å². The molecule has 0 aliphatic rings. The van der Waals surface area contributed by atoms with Crippen LogP contribution >= 0.6 is 0 Å². The largest absolute Gasteiger partial charge is 0.416 e. The molecule has 0 radical (unpaired) electrons. The Morgan fingerprint density at radius 3 is 2.46 bits per heavy atom. The number of rotatable bonds is 6. The van der Waals surface area contributed by atoms with Crippen molar-refractivity contribution in [2.45, 2.75) is 13.1 Å². The highest BCUT2D eigenvalue weighted by atomic mass is 19.4. The molecule has 0 saturated heterocycles. The quantitative estimate of drug-likeness (QED) is 0.806. The minimum Gasteiger partial charge on any atom is -0.383 e. The maximum atomic E-state index is 12.8. The molecule has 0 bridgehead atoms. The molecule has 0 spiro atoms. The molecule has 1 N–H and O–H groups in total. The van der Waals surface area contributed by atoms with Crippen LogP contribution in [0.2, 0.25) is 0 Å². The number of hydrogen-bond donors (Lipinski definition) is 1. The number of ether oxygens (including phenoxy) is 1. The predicted octanol–water partition coefficient (Wildman–Crippen LogP) is 3.98. The summed E-state index contributed by atoms with van der Waals surface area (Å²) in [5.41, 5.74) is 0.358. The summed E-state index contributed by atoms with van der Waals surface area (Å²) < 4.78 is 43.5. The van der Waals surface area contributed by atoms with E-state index in [4.69, 9.17) is 4.74 Å². The van der Waals surface area contributed by atoms with Gasteiger partial charge in [-0.3, -0.25) is 9.59 Å². The molecule has 8 heteroatoms. The number of hydrogen-bond acceptors (Lipinski definition) is 3. The number of halogens is 3. The van der Waals surface area contributed by atoms with Gasteiger partial charge in [-0.2, -0.15) is 13.2 Å². The molecule has 0 aliphatic heterocycles. The Kier molecular flexibility index (Phi) is 6.80. The van der Waals surface area contributed by atoms with Crippen LogP contribution in [0, 0.1) is 6.92 Å². The Morgan fingerprint density at radius 2 is 1.82 bits per heavy atom. The zero-order valence-electron chi connectivity index (χ0n) is 15.8. The SMILES string of the molecule is COCCN(C)C(=O)c1ccc(C)c(NC(=O)c2cccc(C(F)(F)F)c2)c1. The van der Waals surface area contributed by atoms with E-state index in [1.807, 2.05) is 0 Å². The molecule has 2 aromatic carbocycles. The first kappa shape index (κ1) is 21.4. The van der Waals surface area contributed by atoms with Gasteiger partial charge in [0.2, 0.25) is 0 Å². The number of nitrogens with zero attached hydrogens (tertiary/aromatic N) is 1. The van der Waals surface area contributed by atoms with E-state index in [0.717, 1.165) is 12.1 Å². The fourth-order valence-electron chi connectivity index (χ4n) is 2.47. The number of methoxy groups -OCH3 is 1. The van der Waals surface area contributed by atoms with Crippen LogP contribution < -0.4 is 5.32 Å². The standard InChI is InChI=1S/C20H21F3N2O3/c1-13-7-8-15(19(27)25(2)9-10-28-3)12-17(13)24-18(26)14-5-4-6-16(11-14)20(21,22)23/h4-8,11-12H,9-10H2,1-3H3,(H,24,26). The molecule has 0 atom stereocenters. The minimum absolute atomic E-state index is 0.122. The number of alkyl halides is 3. The first-order chi connectivity index (χ1) is 13.1. The van der Waals surface area contributed by atoms with Crippen LogP contribution in [-0.2, 0) is 10.9 Å². The lowest BCUT2D eigenvalue weighted by molar-refractivity contribution is -0.137. The van der Waals surface area contributed by atoms with Gasteiger partial charge in [-0.15, -0.1) is 0 Å². The second-order valence-corrected chi connectivity index (χ2v) is 6.28. The van der Waals surface area contributed by atoms with Gasteiger partial charge < -0.3 is 15.0 Å². The Morgan fingerprint density at radius 1 is 1.11 bits per heavy atom. The van der Waals surface area contributed by atoms with E-state index in [1.54, 1.807) is 26.1 Å². The van der Waals surface area contributed by atoms with Gasteiger partial charge >= 0.3 is 6.18 Å². The summed E-state index contributed by atoms with van der Waals surface area (Å²) in [4.78, 5) is 26.3. The van der Waals surface area contributed by atoms with E-state index in [9.17, 15) is 22.8 Å². The molecule has 0 unspecified atom stereocenters. The molecule has 28 heavy (non-hydrogen) atoms. The topological polar surface area (TPSA) is 58.6 Å². The maximum Gasteiger partial charge on any atom is 0.416 e. The highest BCUT2D eigenvalue weighted by Crippen LogP contribution is 2.29. The predicted molar refractivity (Wildman–Crippen MR) is 99.4 cm³/mol. The zero-order valence-corrected chi connectivity index (χ0v) is 15.8. The van der Waals surface area contributed by atoms with Crippen molar-refractivity contribution in [3.8, 4) is 0 Å². The number of benzene rings is 2. The summed E-state index contributed by atoms with van der Waals surface area (Å²) in [5.74, 6) is -0.946. The molecule has 150 valence electrons. The summed E-state index contributed by atoms with van der Waals surface area (Å²) in [6.45, 7) is 2.51.